The van der Waals surface area contributed by atoms with Crippen LogP contribution in [0.5, 0.6) is 0 Å². The monoisotopic (exact) mass is 147 g/mol. The van der Waals surface area contributed by atoms with Crippen LogP contribution in [0.25, 0.3) is 6.08 Å². The molecule has 0 nitrogen and oxygen atoms in total. The molecule has 0 saturated heterocycles. The molecule has 1 aromatic rings. The molecule has 1 radical (unpaired) electrons. The van der Waals surface area contributed by atoms with Crippen LogP contribution in [-0.2, 0) is 0 Å². The average Bonchev–Trinajstić information content (AvgIpc) is 2.05. The molecule has 1 aliphatic heterocycles. The molecule has 10 heavy (non-hydrogen) atoms. The maximum Gasteiger partial charge on any atom is 0.0235 e. The van der Waals surface area contributed by atoms with Crippen molar-refractivity contribution in [1.29, 1.82) is 0 Å². The van der Waals surface area contributed by atoms with E-state index in [2.05, 4.69) is 36.4 Å². The van der Waals surface area contributed by atoms with Gasteiger partial charge in [0.1, 0.15) is 0 Å². The molecular formula is C9H7S. The van der Waals surface area contributed by atoms with Crippen LogP contribution in [0.2, 0.25) is 0 Å². The Morgan fingerprint density at radius 3 is 3.10 bits per heavy atom. The van der Waals surface area contributed by atoms with Crippen molar-refractivity contribution in [2.24, 2.45) is 0 Å². The third kappa shape index (κ3) is 0.971. The molecule has 0 fully saturated rings. The van der Waals surface area contributed by atoms with Gasteiger partial charge in [-0.05, 0) is 23.8 Å². The zero-order valence-electron chi connectivity index (χ0n) is 5.50. The fourth-order valence-corrected chi connectivity index (χ4v) is 1.79. The lowest BCUT2D eigenvalue weighted by Gasteiger charge is -2.06. The molecule has 0 saturated carbocycles. The second-order valence-electron chi connectivity index (χ2n) is 2.17. The van der Waals surface area contributed by atoms with Gasteiger partial charge in [-0.25, -0.2) is 0 Å². The lowest BCUT2D eigenvalue weighted by molar-refractivity contribution is 1.39. The Labute approximate surface area is 65.0 Å². The first kappa shape index (κ1) is 6.05. The van der Waals surface area contributed by atoms with E-state index in [0.29, 0.717) is 0 Å². The Hall–Kier alpha value is -0.690. The smallest absolute Gasteiger partial charge is 0.0235 e. The molecule has 0 N–H and O–H groups in total. The van der Waals surface area contributed by atoms with Gasteiger partial charge in [0.25, 0.3) is 0 Å². The summed E-state index contributed by atoms with van der Waals surface area (Å²) in [6, 6.07) is 8.40. The van der Waals surface area contributed by atoms with Crippen LogP contribution in [0, 0.1) is 6.08 Å². The van der Waals surface area contributed by atoms with E-state index < -0.39 is 0 Å². The largest absolute Gasteiger partial charge is 0.121 e. The number of benzene rings is 1. The SMILES string of the molecule is [C]1=Cc2ccccc2SC1. The topological polar surface area (TPSA) is 0 Å². The predicted octanol–water partition coefficient (Wildman–Crippen LogP) is 2.61. The predicted molar refractivity (Wildman–Crippen MR) is 44.9 cm³/mol. The first-order chi connectivity index (χ1) is 4.97. The van der Waals surface area contributed by atoms with Crippen molar-refractivity contribution in [3.63, 3.8) is 0 Å². The van der Waals surface area contributed by atoms with Crippen molar-refractivity contribution < 1.29 is 0 Å². The van der Waals surface area contributed by atoms with Gasteiger partial charge in [0.15, 0.2) is 0 Å². The van der Waals surface area contributed by atoms with E-state index in [0.717, 1.165) is 5.75 Å². The summed E-state index contributed by atoms with van der Waals surface area (Å²) in [5, 5.41) is 0. The minimum atomic E-state index is 0.997. The first-order valence-corrected chi connectivity index (χ1v) is 4.24. The maximum atomic E-state index is 3.18. The fraction of sp³-hybridized carbons (Fsp3) is 0.111. The van der Waals surface area contributed by atoms with Gasteiger partial charge in [0.05, 0.1) is 0 Å². The fourth-order valence-electron chi connectivity index (χ4n) is 1.00. The summed E-state index contributed by atoms with van der Waals surface area (Å²) in [5.74, 6) is 0.997. The maximum absolute atomic E-state index is 3.18. The first-order valence-electron chi connectivity index (χ1n) is 3.25. The lowest BCUT2D eigenvalue weighted by Crippen LogP contribution is -1.85. The number of rotatable bonds is 0. The van der Waals surface area contributed by atoms with Crippen molar-refractivity contribution in [3.8, 4) is 0 Å². The summed E-state index contributed by atoms with van der Waals surface area (Å²) in [5.41, 5.74) is 1.30. The molecule has 1 heteroatoms. The minimum absolute atomic E-state index is 0.997. The Kier molecular flexibility index (Phi) is 1.52. The molecule has 2 rings (SSSR count). The van der Waals surface area contributed by atoms with E-state index in [1.54, 1.807) is 0 Å². The third-order valence-corrected chi connectivity index (χ3v) is 2.48. The molecule has 1 heterocycles. The summed E-state index contributed by atoms with van der Waals surface area (Å²) >= 11 is 1.85. The summed E-state index contributed by atoms with van der Waals surface area (Å²) < 4.78 is 0. The van der Waals surface area contributed by atoms with Crippen LogP contribution >= 0.6 is 11.8 Å². The van der Waals surface area contributed by atoms with E-state index in [1.807, 2.05) is 11.8 Å². The summed E-state index contributed by atoms with van der Waals surface area (Å²) in [4.78, 5) is 1.38. The zero-order valence-corrected chi connectivity index (χ0v) is 6.32. The average molecular weight is 147 g/mol. The molecular weight excluding hydrogens is 140 g/mol. The summed E-state index contributed by atoms with van der Waals surface area (Å²) in [7, 11) is 0. The highest BCUT2D eigenvalue weighted by Crippen LogP contribution is 2.26. The van der Waals surface area contributed by atoms with Gasteiger partial charge in [-0.15, -0.1) is 11.8 Å². The van der Waals surface area contributed by atoms with Gasteiger partial charge < -0.3 is 0 Å². The Balaban J connectivity index is 2.54. The van der Waals surface area contributed by atoms with E-state index in [1.165, 1.54) is 10.5 Å². The zero-order chi connectivity index (χ0) is 6.81. The highest BCUT2D eigenvalue weighted by atomic mass is 32.2. The normalized spacial score (nSPS) is 14.8. The van der Waals surface area contributed by atoms with Gasteiger partial charge in [-0.3, -0.25) is 0 Å². The molecule has 0 atom stereocenters. The van der Waals surface area contributed by atoms with Crippen molar-refractivity contribution in [3.05, 3.63) is 35.9 Å². The van der Waals surface area contributed by atoms with Gasteiger partial charge in [-0.2, -0.15) is 0 Å². The van der Waals surface area contributed by atoms with E-state index in [9.17, 15) is 0 Å². The Morgan fingerprint density at radius 1 is 1.30 bits per heavy atom. The molecule has 0 spiro atoms. The number of hydrogen-bond donors (Lipinski definition) is 0. The number of thioether (sulfide) groups is 1. The van der Waals surface area contributed by atoms with E-state index in [-0.39, 0.29) is 0 Å². The van der Waals surface area contributed by atoms with Crippen molar-refractivity contribution in [2.75, 3.05) is 5.75 Å². The molecule has 49 valence electrons. The Bertz CT molecular complexity index is 263. The molecule has 0 bridgehead atoms. The van der Waals surface area contributed by atoms with Gasteiger partial charge >= 0.3 is 0 Å². The van der Waals surface area contributed by atoms with Crippen LogP contribution < -0.4 is 0 Å². The van der Waals surface area contributed by atoms with Gasteiger partial charge in [0.2, 0.25) is 0 Å². The van der Waals surface area contributed by atoms with Crippen LogP contribution in [0.4, 0.5) is 0 Å². The molecule has 0 aliphatic carbocycles. The molecule has 1 aromatic carbocycles. The van der Waals surface area contributed by atoms with Crippen molar-refractivity contribution in [1.82, 2.24) is 0 Å². The highest BCUT2D eigenvalue weighted by molar-refractivity contribution is 7.99. The van der Waals surface area contributed by atoms with Crippen molar-refractivity contribution in [2.45, 2.75) is 4.90 Å². The minimum Gasteiger partial charge on any atom is -0.121 e. The molecule has 0 amide bonds. The summed E-state index contributed by atoms with van der Waals surface area (Å²) in [6.07, 6.45) is 5.24. The second-order valence-corrected chi connectivity index (χ2v) is 3.19. The quantitative estimate of drug-likeness (QED) is 0.543. The van der Waals surface area contributed by atoms with Crippen LogP contribution in [0.15, 0.2) is 29.2 Å². The standard InChI is InChI=1S/C9H7S/c1-2-6-9-8(4-1)5-3-7-10-9/h1-2,4-6H,7H2. The van der Waals surface area contributed by atoms with Crippen LogP contribution in [0.3, 0.4) is 0 Å². The van der Waals surface area contributed by atoms with Crippen LogP contribution in [0.1, 0.15) is 5.56 Å². The van der Waals surface area contributed by atoms with E-state index >= 15 is 0 Å². The van der Waals surface area contributed by atoms with Crippen LogP contribution in [-0.4, -0.2) is 5.75 Å². The molecule has 0 aromatic heterocycles. The van der Waals surface area contributed by atoms with E-state index in [4.69, 9.17) is 0 Å². The third-order valence-electron chi connectivity index (χ3n) is 1.49. The highest BCUT2D eigenvalue weighted by Gasteiger charge is 2.01. The molecule has 0 unspecified atom stereocenters. The second kappa shape index (κ2) is 2.51. The summed E-state index contributed by atoms with van der Waals surface area (Å²) in [6.45, 7) is 0. The molecule has 1 aliphatic rings. The van der Waals surface area contributed by atoms with Gasteiger partial charge in [0, 0.05) is 10.6 Å². The van der Waals surface area contributed by atoms with Crippen molar-refractivity contribution >= 4 is 17.8 Å². The number of fused-ring (bicyclic) bond motifs is 1. The Morgan fingerprint density at radius 2 is 2.20 bits per heavy atom. The lowest BCUT2D eigenvalue weighted by atomic mass is 10.2. The number of hydrogen-bond acceptors (Lipinski definition) is 1. The van der Waals surface area contributed by atoms with Gasteiger partial charge in [-0.1, -0.05) is 18.2 Å².